The molecular weight excluding hydrogens is 265 g/mol. The molecule has 15 heavy (non-hydrogen) atoms. The van der Waals surface area contributed by atoms with Gasteiger partial charge in [-0.15, -0.1) is 0 Å². The minimum atomic E-state index is -0.747. The van der Waals surface area contributed by atoms with E-state index in [1.807, 2.05) is 0 Å². The minimum absolute atomic E-state index is 0.0555. The number of hydrogen-bond acceptors (Lipinski definition) is 3. The maximum absolute atomic E-state index is 13.4. The molecule has 3 nitrogen and oxygen atoms in total. The van der Waals surface area contributed by atoms with Crippen LogP contribution in [0.4, 0.5) is 4.39 Å². The monoisotopic (exact) mass is 271 g/mol. The second kappa shape index (κ2) is 4.89. The van der Waals surface area contributed by atoms with Gasteiger partial charge >= 0.3 is 5.97 Å². The van der Waals surface area contributed by atoms with E-state index in [1.54, 1.807) is 13.0 Å². The van der Waals surface area contributed by atoms with Crippen LogP contribution in [-0.4, -0.2) is 12.6 Å². The van der Waals surface area contributed by atoms with E-state index in [9.17, 15) is 9.18 Å². The Morgan fingerprint density at radius 1 is 1.67 bits per heavy atom. The zero-order valence-corrected chi connectivity index (χ0v) is 9.47. The summed E-state index contributed by atoms with van der Waals surface area (Å²) >= 11 is 2.93. The molecule has 0 aliphatic carbocycles. The van der Waals surface area contributed by atoms with Crippen LogP contribution in [0.15, 0.2) is 16.6 Å². The molecule has 0 heterocycles. The smallest absolute Gasteiger partial charge is 0.339 e. The normalized spacial score (nSPS) is 9.47. The molecule has 0 aromatic heterocycles. The lowest BCUT2D eigenvalue weighted by atomic mass is 10.1. The summed E-state index contributed by atoms with van der Waals surface area (Å²) in [6.45, 7) is 1.82. The standard InChI is InChI=1S/C10H7BrFNO2/c1-2-15-10(14)6-3-4-8(11)9(12)7(6)5-13/h3-4H,2H2,1H3. The zero-order valence-electron chi connectivity index (χ0n) is 7.88. The SMILES string of the molecule is CCOC(=O)c1ccc(Br)c(F)c1C#N. The molecule has 1 rings (SSSR count). The molecule has 0 unspecified atom stereocenters. The number of esters is 1. The third-order valence-electron chi connectivity index (χ3n) is 1.70. The van der Waals surface area contributed by atoms with Gasteiger partial charge in [-0.2, -0.15) is 5.26 Å². The predicted molar refractivity (Wildman–Crippen MR) is 54.8 cm³/mol. The van der Waals surface area contributed by atoms with Crippen molar-refractivity contribution in [1.82, 2.24) is 0 Å². The average molecular weight is 272 g/mol. The summed E-state index contributed by atoms with van der Waals surface area (Å²) in [6, 6.07) is 4.35. The van der Waals surface area contributed by atoms with E-state index in [-0.39, 0.29) is 22.2 Å². The molecule has 0 atom stereocenters. The fourth-order valence-corrected chi connectivity index (χ4v) is 1.37. The first kappa shape index (κ1) is 11.7. The minimum Gasteiger partial charge on any atom is -0.462 e. The summed E-state index contributed by atoms with van der Waals surface area (Å²) in [6.07, 6.45) is 0. The highest BCUT2D eigenvalue weighted by Crippen LogP contribution is 2.22. The van der Waals surface area contributed by atoms with Gasteiger partial charge in [-0.05, 0) is 35.0 Å². The van der Waals surface area contributed by atoms with Crippen molar-refractivity contribution in [3.63, 3.8) is 0 Å². The summed E-state index contributed by atoms with van der Waals surface area (Å²) in [7, 11) is 0. The number of carbonyl (C=O) groups excluding carboxylic acids is 1. The van der Waals surface area contributed by atoms with Gasteiger partial charge in [0.1, 0.15) is 11.6 Å². The van der Waals surface area contributed by atoms with Gasteiger partial charge in [0.05, 0.1) is 16.6 Å². The molecule has 78 valence electrons. The summed E-state index contributed by atoms with van der Waals surface area (Å²) in [4.78, 5) is 11.3. The third kappa shape index (κ3) is 2.34. The van der Waals surface area contributed by atoms with Crippen molar-refractivity contribution in [2.75, 3.05) is 6.61 Å². The number of halogens is 2. The molecule has 1 aromatic rings. The zero-order chi connectivity index (χ0) is 11.4. The Morgan fingerprint density at radius 3 is 2.87 bits per heavy atom. The van der Waals surface area contributed by atoms with E-state index in [1.165, 1.54) is 12.1 Å². The quantitative estimate of drug-likeness (QED) is 0.777. The van der Waals surface area contributed by atoms with Crippen molar-refractivity contribution in [2.24, 2.45) is 0 Å². The number of rotatable bonds is 2. The lowest BCUT2D eigenvalue weighted by Gasteiger charge is -2.05. The molecule has 0 aliphatic rings. The van der Waals surface area contributed by atoms with Crippen LogP contribution >= 0.6 is 15.9 Å². The van der Waals surface area contributed by atoms with Crippen molar-refractivity contribution < 1.29 is 13.9 Å². The maximum atomic E-state index is 13.4. The van der Waals surface area contributed by atoms with Gasteiger partial charge in [-0.1, -0.05) is 0 Å². The van der Waals surface area contributed by atoms with Crippen LogP contribution in [0.25, 0.3) is 0 Å². The largest absolute Gasteiger partial charge is 0.462 e. The molecule has 0 bridgehead atoms. The highest BCUT2D eigenvalue weighted by atomic mass is 79.9. The van der Waals surface area contributed by atoms with E-state index in [0.717, 1.165) is 0 Å². The summed E-state index contributed by atoms with van der Waals surface area (Å²) in [5.74, 6) is -1.44. The average Bonchev–Trinajstić information content (AvgIpc) is 2.22. The number of nitrogens with zero attached hydrogens (tertiary/aromatic N) is 1. The molecule has 0 saturated carbocycles. The van der Waals surface area contributed by atoms with Crippen molar-refractivity contribution >= 4 is 21.9 Å². The van der Waals surface area contributed by atoms with Crippen LogP contribution in [0.2, 0.25) is 0 Å². The third-order valence-corrected chi connectivity index (χ3v) is 2.31. The lowest BCUT2D eigenvalue weighted by Crippen LogP contribution is -2.08. The lowest BCUT2D eigenvalue weighted by molar-refractivity contribution is 0.0525. The first-order valence-corrected chi connectivity index (χ1v) is 4.96. The Balaban J connectivity index is 3.26. The van der Waals surface area contributed by atoms with Gasteiger partial charge in [-0.3, -0.25) is 0 Å². The molecule has 0 N–H and O–H groups in total. The van der Waals surface area contributed by atoms with Gasteiger partial charge in [0.25, 0.3) is 0 Å². The second-order valence-corrected chi connectivity index (χ2v) is 3.47. The van der Waals surface area contributed by atoms with Crippen LogP contribution in [-0.2, 0) is 4.74 Å². The molecule has 0 radical (unpaired) electrons. The molecule has 0 fully saturated rings. The van der Waals surface area contributed by atoms with Crippen LogP contribution < -0.4 is 0 Å². The molecule has 0 aliphatic heterocycles. The highest BCUT2D eigenvalue weighted by Gasteiger charge is 2.18. The summed E-state index contributed by atoms with van der Waals surface area (Å²) < 4.78 is 18.2. The number of hydrogen-bond donors (Lipinski definition) is 0. The Kier molecular flexibility index (Phi) is 3.81. The molecule has 1 aromatic carbocycles. The first-order valence-electron chi connectivity index (χ1n) is 4.17. The Labute approximate surface area is 94.6 Å². The number of benzene rings is 1. The first-order chi connectivity index (χ1) is 7.11. The van der Waals surface area contributed by atoms with Crippen molar-refractivity contribution in [3.05, 3.63) is 33.5 Å². The number of ether oxygens (including phenoxy) is 1. The number of nitriles is 1. The molecule has 0 spiro atoms. The van der Waals surface area contributed by atoms with E-state index in [2.05, 4.69) is 15.9 Å². The molecular formula is C10H7BrFNO2. The fourth-order valence-electron chi connectivity index (χ4n) is 1.04. The summed E-state index contributed by atoms with van der Waals surface area (Å²) in [5.41, 5.74) is -0.358. The highest BCUT2D eigenvalue weighted by molar-refractivity contribution is 9.10. The van der Waals surface area contributed by atoms with Gasteiger partial charge < -0.3 is 4.74 Å². The molecule has 5 heteroatoms. The maximum Gasteiger partial charge on any atom is 0.339 e. The molecule has 0 saturated heterocycles. The van der Waals surface area contributed by atoms with Gasteiger partial charge in [0, 0.05) is 0 Å². The Hall–Kier alpha value is -1.41. The van der Waals surface area contributed by atoms with Crippen LogP contribution in [0.3, 0.4) is 0 Å². The van der Waals surface area contributed by atoms with Crippen LogP contribution in [0.1, 0.15) is 22.8 Å². The second-order valence-electron chi connectivity index (χ2n) is 2.62. The summed E-state index contributed by atoms with van der Waals surface area (Å²) in [5, 5.41) is 8.72. The van der Waals surface area contributed by atoms with Gasteiger partial charge in [0.2, 0.25) is 0 Å². The van der Waals surface area contributed by atoms with Crippen molar-refractivity contribution in [3.8, 4) is 6.07 Å². The Morgan fingerprint density at radius 2 is 2.33 bits per heavy atom. The van der Waals surface area contributed by atoms with Crippen molar-refractivity contribution in [2.45, 2.75) is 6.92 Å². The predicted octanol–water partition coefficient (Wildman–Crippen LogP) is 2.64. The van der Waals surface area contributed by atoms with E-state index < -0.39 is 11.8 Å². The fraction of sp³-hybridized carbons (Fsp3) is 0.200. The van der Waals surface area contributed by atoms with E-state index >= 15 is 0 Å². The van der Waals surface area contributed by atoms with E-state index in [4.69, 9.17) is 10.00 Å². The van der Waals surface area contributed by atoms with E-state index in [0.29, 0.717) is 0 Å². The van der Waals surface area contributed by atoms with Gasteiger partial charge in [0.15, 0.2) is 5.82 Å². The van der Waals surface area contributed by atoms with Crippen molar-refractivity contribution in [1.29, 1.82) is 5.26 Å². The molecule has 0 amide bonds. The number of carbonyl (C=O) groups is 1. The van der Waals surface area contributed by atoms with Crippen LogP contribution in [0.5, 0.6) is 0 Å². The topological polar surface area (TPSA) is 50.1 Å². The Bertz CT molecular complexity index is 440. The van der Waals surface area contributed by atoms with Gasteiger partial charge in [-0.25, -0.2) is 9.18 Å². The van der Waals surface area contributed by atoms with Crippen LogP contribution in [0, 0.1) is 17.1 Å².